The van der Waals surface area contributed by atoms with E-state index in [0.717, 1.165) is 5.56 Å². The minimum atomic E-state index is -4.15. The summed E-state index contributed by atoms with van der Waals surface area (Å²) in [6.45, 7) is 3.24. The van der Waals surface area contributed by atoms with Gasteiger partial charge in [-0.15, -0.1) is 0 Å². The highest BCUT2D eigenvalue weighted by molar-refractivity contribution is 7.85. The van der Waals surface area contributed by atoms with E-state index in [9.17, 15) is 27.9 Å². The second kappa shape index (κ2) is 15.4. The van der Waals surface area contributed by atoms with Gasteiger partial charge in [-0.3, -0.25) is 19.0 Å². The minimum absolute atomic E-state index is 0.0282. The molecular formula is C30H39N3O9S. The molecule has 2 aliphatic rings. The van der Waals surface area contributed by atoms with E-state index in [1.54, 1.807) is 42.5 Å². The van der Waals surface area contributed by atoms with E-state index >= 15 is 0 Å². The molecule has 4 rings (SSSR count). The Morgan fingerprint density at radius 3 is 2.28 bits per heavy atom. The first-order valence-electron chi connectivity index (χ1n) is 14.5. The number of carbonyl (C=O) groups excluding carboxylic acids is 2. The number of nitrogens with one attached hydrogen (secondary N) is 2. The van der Waals surface area contributed by atoms with Crippen LogP contribution < -0.4 is 15.4 Å². The van der Waals surface area contributed by atoms with Crippen LogP contribution in [0, 0.1) is 5.92 Å². The Morgan fingerprint density at radius 1 is 1.00 bits per heavy atom. The van der Waals surface area contributed by atoms with Crippen molar-refractivity contribution in [2.24, 2.45) is 5.92 Å². The number of carboxylic acid groups (broad SMARTS) is 1. The molecule has 0 unspecified atom stereocenters. The van der Waals surface area contributed by atoms with Gasteiger partial charge < -0.3 is 25.2 Å². The number of hydrogen-bond acceptors (Lipinski definition) is 9. The Labute approximate surface area is 251 Å². The van der Waals surface area contributed by atoms with Crippen LogP contribution in [0.2, 0.25) is 0 Å². The first kappa shape index (κ1) is 32.6. The van der Waals surface area contributed by atoms with Crippen LogP contribution in [0.25, 0.3) is 0 Å². The van der Waals surface area contributed by atoms with Crippen LogP contribution in [-0.2, 0) is 42.1 Å². The number of fused-ring (bicyclic) bond motifs is 4. The molecule has 12 nitrogen and oxygen atoms in total. The first-order chi connectivity index (χ1) is 20.6. The summed E-state index contributed by atoms with van der Waals surface area (Å²) in [5, 5.41) is 15.7. The van der Waals surface area contributed by atoms with Crippen molar-refractivity contribution in [2.45, 2.75) is 44.2 Å². The van der Waals surface area contributed by atoms with Gasteiger partial charge in [-0.05, 0) is 67.7 Å². The van der Waals surface area contributed by atoms with Crippen molar-refractivity contribution in [1.29, 1.82) is 0 Å². The van der Waals surface area contributed by atoms with E-state index in [0.29, 0.717) is 56.3 Å². The van der Waals surface area contributed by atoms with Crippen LogP contribution in [0.15, 0.2) is 48.5 Å². The molecule has 4 bridgehead atoms. The molecule has 2 heterocycles. The van der Waals surface area contributed by atoms with Crippen LogP contribution in [0.4, 0.5) is 0 Å². The van der Waals surface area contributed by atoms with Gasteiger partial charge in [0.1, 0.15) is 17.5 Å². The number of amides is 1. The third kappa shape index (κ3) is 10.7. The number of ketones is 1. The predicted octanol–water partition coefficient (Wildman–Crippen LogP) is 1.68. The lowest BCUT2D eigenvalue weighted by Gasteiger charge is -2.29. The van der Waals surface area contributed by atoms with Gasteiger partial charge in [0.05, 0.1) is 25.0 Å². The second-order valence-electron chi connectivity index (χ2n) is 11.0. The fraction of sp³-hybridized carbons (Fsp3) is 0.500. The molecule has 2 aromatic carbocycles. The van der Waals surface area contributed by atoms with Crippen molar-refractivity contribution in [2.75, 3.05) is 45.1 Å². The smallest absolute Gasteiger partial charge is 0.326 e. The quantitative estimate of drug-likeness (QED) is 0.238. The fourth-order valence-corrected chi connectivity index (χ4v) is 5.78. The Hall–Kier alpha value is -3.36. The van der Waals surface area contributed by atoms with Crippen molar-refractivity contribution in [3.8, 4) is 11.5 Å². The van der Waals surface area contributed by atoms with Gasteiger partial charge in [0.15, 0.2) is 5.78 Å². The summed E-state index contributed by atoms with van der Waals surface area (Å²) in [5.74, 6) is -2.17. The molecule has 2 aromatic rings. The number of nitrogens with zero attached hydrogens (tertiary/aromatic N) is 1. The predicted molar refractivity (Wildman–Crippen MR) is 158 cm³/mol. The number of aliphatic carboxylic acids is 1. The number of benzene rings is 2. The van der Waals surface area contributed by atoms with Crippen LogP contribution >= 0.6 is 0 Å². The van der Waals surface area contributed by atoms with E-state index in [1.807, 2.05) is 6.07 Å². The highest BCUT2D eigenvalue weighted by Gasteiger charge is 2.31. The zero-order valence-corrected chi connectivity index (χ0v) is 24.8. The Morgan fingerprint density at radius 2 is 1.65 bits per heavy atom. The van der Waals surface area contributed by atoms with Crippen molar-refractivity contribution in [1.82, 2.24) is 15.5 Å². The van der Waals surface area contributed by atoms with Gasteiger partial charge in [0.25, 0.3) is 10.1 Å². The maximum Gasteiger partial charge on any atom is 0.326 e. The maximum atomic E-state index is 13.8. The number of rotatable bonds is 9. The SMILES string of the molecule is O=C1N[C@H](C(=O)O)Cc2cccc(c2)Oc2cccc(c2)C[C@H](NCCCS(=O)(=O)O)C(=O)C[C@H]1CCN1CCOCC1. The maximum absolute atomic E-state index is 13.8. The van der Waals surface area contributed by atoms with Gasteiger partial charge in [0.2, 0.25) is 5.91 Å². The minimum Gasteiger partial charge on any atom is -0.480 e. The summed E-state index contributed by atoms with van der Waals surface area (Å²) in [7, 11) is -4.15. The lowest BCUT2D eigenvalue weighted by molar-refractivity contribution is -0.142. The molecule has 0 saturated carbocycles. The number of carboxylic acids is 1. The average molecular weight is 618 g/mol. The Kier molecular flexibility index (Phi) is 11.7. The molecule has 2 aliphatic heterocycles. The molecule has 0 aliphatic carbocycles. The largest absolute Gasteiger partial charge is 0.480 e. The molecule has 1 fully saturated rings. The Bertz CT molecular complexity index is 1380. The number of hydrogen-bond donors (Lipinski definition) is 4. The highest BCUT2D eigenvalue weighted by atomic mass is 32.2. The van der Waals surface area contributed by atoms with Crippen LogP contribution in [0.1, 0.15) is 30.4 Å². The standard InChI is InChI=1S/C30H39N3O9S/c34-28-20-23(8-10-33-11-13-41-14-12-33)29(35)32-27(30(36)37)19-22-5-2-7-25(17-22)42-24-6-1-4-21(16-24)18-26(28)31-9-3-15-43(38,39)40/h1-2,4-7,16-17,23,26-27,31H,3,8-15,18-20H2,(H,32,35)(H,36,37)(H,38,39,40)/t23-,26+,27+/m1/s1. The normalized spacial score (nSPS) is 22.4. The highest BCUT2D eigenvalue weighted by Crippen LogP contribution is 2.25. The average Bonchev–Trinajstić information content (AvgIpc) is 2.96. The summed E-state index contributed by atoms with van der Waals surface area (Å²) in [5.41, 5.74) is 1.46. The number of ether oxygens (including phenoxy) is 2. The van der Waals surface area contributed by atoms with Gasteiger partial charge in [-0.2, -0.15) is 8.42 Å². The van der Waals surface area contributed by atoms with Crippen molar-refractivity contribution < 1.29 is 41.9 Å². The second-order valence-corrected chi connectivity index (χ2v) is 12.5. The van der Waals surface area contributed by atoms with Crippen LogP contribution in [-0.4, -0.2) is 97.9 Å². The van der Waals surface area contributed by atoms with Crippen molar-refractivity contribution in [3.63, 3.8) is 0 Å². The first-order valence-corrected chi connectivity index (χ1v) is 16.1. The molecule has 0 spiro atoms. The molecule has 0 radical (unpaired) electrons. The van der Waals surface area contributed by atoms with Gasteiger partial charge in [-0.1, -0.05) is 24.3 Å². The molecular weight excluding hydrogens is 578 g/mol. The molecule has 4 N–H and O–H groups in total. The molecule has 1 saturated heterocycles. The monoisotopic (exact) mass is 617 g/mol. The summed E-state index contributed by atoms with van der Waals surface area (Å²) in [6, 6.07) is 12.3. The molecule has 1 amide bonds. The third-order valence-electron chi connectivity index (χ3n) is 7.60. The summed E-state index contributed by atoms with van der Waals surface area (Å²) < 4.78 is 43.0. The van der Waals surface area contributed by atoms with E-state index in [1.165, 1.54) is 0 Å². The molecule has 43 heavy (non-hydrogen) atoms. The van der Waals surface area contributed by atoms with Crippen LogP contribution in [0.3, 0.4) is 0 Å². The summed E-state index contributed by atoms with van der Waals surface area (Å²) >= 11 is 0. The fourth-order valence-electron chi connectivity index (χ4n) is 5.27. The van der Waals surface area contributed by atoms with E-state index < -0.39 is 45.7 Å². The molecule has 3 atom stereocenters. The van der Waals surface area contributed by atoms with Crippen LogP contribution in [0.5, 0.6) is 11.5 Å². The van der Waals surface area contributed by atoms with Gasteiger partial charge in [0, 0.05) is 31.8 Å². The van der Waals surface area contributed by atoms with E-state index in [-0.39, 0.29) is 38.0 Å². The summed E-state index contributed by atoms with van der Waals surface area (Å²) in [6.07, 6.45) is 0.573. The summed E-state index contributed by atoms with van der Waals surface area (Å²) in [4.78, 5) is 41.7. The molecule has 234 valence electrons. The van der Waals surface area contributed by atoms with Gasteiger partial charge in [-0.25, -0.2) is 4.79 Å². The lowest BCUT2D eigenvalue weighted by atomic mass is 9.91. The molecule has 13 heteroatoms. The van der Waals surface area contributed by atoms with Crippen molar-refractivity contribution in [3.05, 3.63) is 59.7 Å². The number of morpholine rings is 1. The lowest BCUT2D eigenvalue weighted by Crippen LogP contribution is -2.47. The Balaban J connectivity index is 1.63. The number of Topliss-reactive ketones (excluding diaryl/α,β-unsaturated/α-hetero) is 1. The topological polar surface area (TPSA) is 172 Å². The third-order valence-corrected chi connectivity index (χ3v) is 8.41. The molecule has 0 aromatic heterocycles. The zero-order valence-electron chi connectivity index (χ0n) is 23.9. The van der Waals surface area contributed by atoms with Gasteiger partial charge >= 0.3 is 5.97 Å². The van der Waals surface area contributed by atoms with E-state index in [4.69, 9.17) is 14.0 Å². The van der Waals surface area contributed by atoms with Crippen molar-refractivity contribution >= 4 is 27.8 Å². The van der Waals surface area contributed by atoms with E-state index in [2.05, 4.69) is 15.5 Å². The number of carbonyl (C=O) groups is 3. The zero-order chi connectivity index (χ0) is 30.8.